The lowest BCUT2D eigenvalue weighted by Gasteiger charge is -2.21. The fourth-order valence-electron chi connectivity index (χ4n) is 2.45. The molecule has 1 heterocycles. The summed E-state index contributed by atoms with van der Waals surface area (Å²) in [7, 11) is 0. The maximum absolute atomic E-state index is 12.5. The Morgan fingerprint density at radius 2 is 2.00 bits per heavy atom. The first kappa shape index (κ1) is 17.6. The standard InChI is InChI=1S/C18H24N2O2S/c1-12(2)15(9-10-21)20-18(22)17-13(3)19-16(23-17)11-14-7-5-4-6-8-14/h4-8,12,15,21H,9-11H2,1-3H3,(H,20,22). The second kappa shape index (κ2) is 8.22. The molecule has 2 rings (SSSR count). The van der Waals surface area contributed by atoms with E-state index in [1.54, 1.807) is 0 Å². The number of carbonyl (C=O) groups excluding carboxylic acids is 1. The van der Waals surface area contributed by atoms with E-state index in [-0.39, 0.29) is 24.5 Å². The highest BCUT2D eigenvalue weighted by Crippen LogP contribution is 2.21. The van der Waals surface area contributed by atoms with E-state index in [4.69, 9.17) is 5.11 Å². The highest BCUT2D eigenvalue weighted by molar-refractivity contribution is 7.13. The van der Waals surface area contributed by atoms with Crippen LogP contribution in [0.15, 0.2) is 30.3 Å². The molecule has 2 aromatic rings. The lowest BCUT2D eigenvalue weighted by molar-refractivity contribution is 0.0920. The summed E-state index contributed by atoms with van der Waals surface area (Å²) >= 11 is 1.45. The van der Waals surface area contributed by atoms with Gasteiger partial charge in [-0.15, -0.1) is 11.3 Å². The van der Waals surface area contributed by atoms with Gasteiger partial charge in [0.25, 0.3) is 5.91 Å². The van der Waals surface area contributed by atoms with Crippen LogP contribution in [0.4, 0.5) is 0 Å². The van der Waals surface area contributed by atoms with Crippen LogP contribution >= 0.6 is 11.3 Å². The fourth-order valence-corrected chi connectivity index (χ4v) is 3.46. The summed E-state index contributed by atoms with van der Waals surface area (Å²) in [5.74, 6) is 0.189. The van der Waals surface area contributed by atoms with Gasteiger partial charge in [-0.1, -0.05) is 44.2 Å². The van der Waals surface area contributed by atoms with Crippen LogP contribution in [-0.4, -0.2) is 28.6 Å². The molecule has 1 unspecified atom stereocenters. The number of thiazole rings is 1. The lowest BCUT2D eigenvalue weighted by Crippen LogP contribution is -2.39. The van der Waals surface area contributed by atoms with Gasteiger partial charge in [-0.2, -0.15) is 0 Å². The zero-order valence-corrected chi connectivity index (χ0v) is 14.7. The molecule has 0 saturated heterocycles. The fraction of sp³-hybridized carbons (Fsp3) is 0.444. The van der Waals surface area contributed by atoms with Crippen LogP contribution < -0.4 is 5.32 Å². The molecule has 1 amide bonds. The Kier molecular flexibility index (Phi) is 6.30. The summed E-state index contributed by atoms with van der Waals surface area (Å²) in [5, 5.41) is 13.1. The maximum atomic E-state index is 12.5. The van der Waals surface area contributed by atoms with Gasteiger partial charge in [0.2, 0.25) is 0 Å². The van der Waals surface area contributed by atoms with E-state index in [2.05, 4.69) is 22.4 Å². The Labute approximate surface area is 141 Å². The average Bonchev–Trinajstić information content (AvgIpc) is 2.88. The number of hydrogen-bond donors (Lipinski definition) is 2. The molecule has 5 heteroatoms. The minimum atomic E-state index is -0.0912. The van der Waals surface area contributed by atoms with Gasteiger partial charge in [-0.3, -0.25) is 4.79 Å². The van der Waals surface area contributed by atoms with Gasteiger partial charge < -0.3 is 10.4 Å². The van der Waals surface area contributed by atoms with E-state index in [1.807, 2.05) is 39.0 Å². The third-order valence-corrected chi connectivity index (χ3v) is 4.96. The van der Waals surface area contributed by atoms with Crippen molar-refractivity contribution in [1.29, 1.82) is 0 Å². The Morgan fingerprint density at radius 1 is 1.30 bits per heavy atom. The molecular weight excluding hydrogens is 308 g/mol. The minimum absolute atomic E-state index is 0.0217. The molecule has 1 atom stereocenters. The highest BCUT2D eigenvalue weighted by atomic mass is 32.1. The summed E-state index contributed by atoms with van der Waals surface area (Å²) in [5.41, 5.74) is 1.96. The third-order valence-electron chi connectivity index (χ3n) is 3.81. The predicted octanol–water partition coefficient (Wildman–Crippen LogP) is 3.18. The summed E-state index contributed by atoms with van der Waals surface area (Å²) in [6.07, 6.45) is 1.31. The largest absolute Gasteiger partial charge is 0.396 e. The van der Waals surface area contributed by atoms with Gasteiger partial charge >= 0.3 is 0 Å². The Bertz CT molecular complexity index is 638. The molecule has 0 aliphatic carbocycles. The molecule has 0 radical (unpaired) electrons. The van der Waals surface area contributed by atoms with Gasteiger partial charge in [0.05, 0.1) is 10.7 Å². The molecule has 1 aromatic heterocycles. The first-order valence-corrected chi connectivity index (χ1v) is 8.75. The topological polar surface area (TPSA) is 62.2 Å². The number of aliphatic hydroxyl groups is 1. The van der Waals surface area contributed by atoms with Crippen molar-refractivity contribution < 1.29 is 9.90 Å². The van der Waals surface area contributed by atoms with Crippen molar-refractivity contribution in [3.8, 4) is 0 Å². The van der Waals surface area contributed by atoms with Crippen molar-refractivity contribution in [2.24, 2.45) is 5.92 Å². The summed E-state index contributed by atoms with van der Waals surface area (Å²) in [6.45, 7) is 6.03. The molecule has 0 aliphatic rings. The van der Waals surface area contributed by atoms with Gasteiger partial charge in [0, 0.05) is 19.1 Å². The van der Waals surface area contributed by atoms with Crippen LogP contribution in [0.3, 0.4) is 0 Å². The number of aryl methyl sites for hydroxylation is 1. The van der Waals surface area contributed by atoms with Crippen molar-refractivity contribution >= 4 is 17.2 Å². The lowest BCUT2D eigenvalue weighted by atomic mass is 10.0. The average molecular weight is 332 g/mol. The van der Waals surface area contributed by atoms with Crippen molar-refractivity contribution in [2.45, 2.75) is 39.7 Å². The summed E-state index contributed by atoms with van der Waals surface area (Å²) in [6, 6.07) is 10.1. The number of aromatic nitrogens is 1. The van der Waals surface area contributed by atoms with Gasteiger partial charge in [-0.05, 0) is 24.8 Å². The maximum Gasteiger partial charge on any atom is 0.263 e. The van der Waals surface area contributed by atoms with Crippen LogP contribution in [-0.2, 0) is 6.42 Å². The van der Waals surface area contributed by atoms with Crippen molar-refractivity contribution in [3.05, 3.63) is 51.5 Å². The number of hydrogen-bond acceptors (Lipinski definition) is 4. The molecule has 4 nitrogen and oxygen atoms in total. The first-order valence-electron chi connectivity index (χ1n) is 7.93. The highest BCUT2D eigenvalue weighted by Gasteiger charge is 2.20. The monoisotopic (exact) mass is 332 g/mol. The van der Waals surface area contributed by atoms with Gasteiger partial charge in [0.15, 0.2) is 0 Å². The van der Waals surface area contributed by atoms with Gasteiger partial charge in [0.1, 0.15) is 4.88 Å². The number of nitrogens with zero attached hydrogens (tertiary/aromatic N) is 1. The third kappa shape index (κ3) is 4.88. The van der Waals surface area contributed by atoms with E-state index in [1.165, 1.54) is 16.9 Å². The predicted molar refractivity (Wildman–Crippen MR) is 93.9 cm³/mol. The first-order chi connectivity index (χ1) is 11.0. The van der Waals surface area contributed by atoms with E-state index >= 15 is 0 Å². The SMILES string of the molecule is Cc1nc(Cc2ccccc2)sc1C(=O)NC(CCO)C(C)C. The Morgan fingerprint density at radius 3 is 2.61 bits per heavy atom. The Hall–Kier alpha value is -1.72. The van der Waals surface area contributed by atoms with Crippen molar-refractivity contribution in [2.75, 3.05) is 6.61 Å². The van der Waals surface area contributed by atoms with E-state index in [9.17, 15) is 4.79 Å². The van der Waals surface area contributed by atoms with E-state index < -0.39 is 0 Å². The summed E-state index contributed by atoms with van der Waals surface area (Å²) < 4.78 is 0. The minimum Gasteiger partial charge on any atom is -0.396 e. The van der Waals surface area contributed by atoms with Crippen LogP contribution in [0.5, 0.6) is 0 Å². The molecule has 1 aromatic carbocycles. The molecule has 0 fully saturated rings. The van der Waals surface area contributed by atoms with Crippen LogP contribution in [0.2, 0.25) is 0 Å². The molecule has 0 spiro atoms. The van der Waals surface area contributed by atoms with Crippen LogP contribution in [0.25, 0.3) is 0 Å². The quantitative estimate of drug-likeness (QED) is 0.818. The molecule has 124 valence electrons. The summed E-state index contributed by atoms with van der Waals surface area (Å²) in [4.78, 5) is 17.7. The second-order valence-corrected chi connectivity index (χ2v) is 7.10. The normalized spacial score (nSPS) is 12.4. The van der Waals surface area contributed by atoms with Crippen LogP contribution in [0, 0.1) is 12.8 Å². The number of amides is 1. The molecule has 2 N–H and O–H groups in total. The molecule has 0 saturated carbocycles. The number of aliphatic hydroxyl groups excluding tert-OH is 1. The van der Waals surface area contributed by atoms with E-state index in [0.29, 0.717) is 11.3 Å². The van der Waals surface area contributed by atoms with Crippen molar-refractivity contribution in [1.82, 2.24) is 10.3 Å². The number of carbonyl (C=O) groups is 1. The van der Waals surface area contributed by atoms with Gasteiger partial charge in [-0.25, -0.2) is 4.98 Å². The number of nitrogens with one attached hydrogen (secondary N) is 1. The smallest absolute Gasteiger partial charge is 0.263 e. The number of benzene rings is 1. The molecular formula is C18H24N2O2S. The van der Waals surface area contributed by atoms with Crippen molar-refractivity contribution in [3.63, 3.8) is 0 Å². The zero-order valence-electron chi connectivity index (χ0n) is 13.9. The van der Waals surface area contributed by atoms with E-state index in [0.717, 1.165) is 17.1 Å². The molecule has 0 aliphatic heterocycles. The molecule has 0 bridgehead atoms. The van der Waals surface area contributed by atoms with Crippen LogP contribution in [0.1, 0.15) is 46.2 Å². The molecule has 23 heavy (non-hydrogen) atoms. The Balaban J connectivity index is 2.09. The second-order valence-electron chi connectivity index (χ2n) is 6.02. The zero-order chi connectivity index (χ0) is 16.8. The number of rotatable bonds is 7.